The summed E-state index contributed by atoms with van der Waals surface area (Å²) in [5.74, 6) is -0.510. The third kappa shape index (κ3) is 4.04. The average Bonchev–Trinajstić information content (AvgIpc) is 3.40. The van der Waals surface area contributed by atoms with Gasteiger partial charge in [-0.05, 0) is 37.3 Å². The second kappa shape index (κ2) is 9.03. The van der Waals surface area contributed by atoms with E-state index in [0.29, 0.717) is 39.7 Å². The van der Waals surface area contributed by atoms with Crippen molar-refractivity contribution in [2.24, 2.45) is 0 Å². The quantitative estimate of drug-likeness (QED) is 0.356. The molecule has 1 unspecified atom stereocenters. The molecule has 0 aliphatic carbocycles. The van der Waals surface area contributed by atoms with Gasteiger partial charge >= 0.3 is 5.97 Å². The third-order valence-electron chi connectivity index (χ3n) is 5.10. The van der Waals surface area contributed by atoms with Crippen molar-refractivity contribution in [3.05, 3.63) is 54.0 Å². The molecule has 2 aromatic heterocycles. The number of rotatable bonds is 8. The summed E-state index contributed by atoms with van der Waals surface area (Å²) < 4.78 is 31.3. The van der Waals surface area contributed by atoms with Crippen molar-refractivity contribution >= 4 is 23.1 Å². The number of benzene rings is 2. The number of hydrogen-bond acceptors (Lipinski definition) is 7. The van der Waals surface area contributed by atoms with Crippen LogP contribution in [0.2, 0.25) is 0 Å². The van der Waals surface area contributed by atoms with E-state index in [1.54, 1.807) is 24.3 Å². The molecule has 0 aliphatic rings. The van der Waals surface area contributed by atoms with E-state index in [1.165, 1.54) is 44.0 Å². The first-order chi connectivity index (χ1) is 16.4. The Bertz CT molecular complexity index is 1420. The Morgan fingerprint density at radius 3 is 2.65 bits per heavy atom. The fourth-order valence-corrected chi connectivity index (χ4v) is 3.36. The molecule has 0 saturated heterocycles. The van der Waals surface area contributed by atoms with Gasteiger partial charge in [0.2, 0.25) is 0 Å². The first kappa shape index (κ1) is 22.5. The number of methoxy groups -OCH3 is 2. The van der Waals surface area contributed by atoms with Gasteiger partial charge in [-0.3, -0.25) is 0 Å². The van der Waals surface area contributed by atoms with Crippen LogP contribution in [0.4, 0.5) is 15.9 Å². The maximum atomic E-state index is 13.9. The van der Waals surface area contributed by atoms with Crippen molar-refractivity contribution in [2.45, 2.75) is 13.0 Å². The number of nitriles is 1. The number of nitrogens with one attached hydrogen (secondary N) is 2. The van der Waals surface area contributed by atoms with Crippen LogP contribution in [0.5, 0.6) is 17.2 Å². The van der Waals surface area contributed by atoms with Crippen molar-refractivity contribution in [2.75, 3.05) is 19.5 Å². The molecule has 0 radical (unpaired) electrons. The van der Waals surface area contributed by atoms with E-state index in [0.717, 1.165) is 0 Å². The zero-order valence-electron chi connectivity index (χ0n) is 18.4. The largest absolute Gasteiger partial charge is 0.494 e. The second-order valence-electron chi connectivity index (χ2n) is 7.22. The zero-order valence-corrected chi connectivity index (χ0v) is 18.4. The van der Waals surface area contributed by atoms with Gasteiger partial charge in [-0.1, -0.05) is 0 Å². The molecule has 4 rings (SSSR count). The molecule has 0 bridgehead atoms. The predicted molar refractivity (Wildman–Crippen MR) is 120 cm³/mol. The number of carboxylic acids is 1. The monoisotopic (exact) mass is 465 g/mol. The van der Waals surface area contributed by atoms with Gasteiger partial charge in [0.25, 0.3) is 0 Å². The molecule has 34 heavy (non-hydrogen) atoms. The van der Waals surface area contributed by atoms with Gasteiger partial charge in [0.1, 0.15) is 11.6 Å². The number of hydrogen-bond donors (Lipinski definition) is 3. The number of imidazole rings is 1. The Kier molecular flexibility index (Phi) is 5.97. The van der Waals surface area contributed by atoms with Crippen molar-refractivity contribution in [3.63, 3.8) is 0 Å². The molecule has 0 amide bonds. The van der Waals surface area contributed by atoms with E-state index in [-0.39, 0.29) is 11.5 Å². The number of ether oxygens (including phenoxy) is 3. The molecule has 10 nitrogen and oxygen atoms in total. The van der Waals surface area contributed by atoms with Crippen LogP contribution in [-0.2, 0) is 4.79 Å². The summed E-state index contributed by atoms with van der Waals surface area (Å²) in [4.78, 5) is 14.3. The summed E-state index contributed by atoms with van der Waals surface area (Å²) in [5.41, 5.74) is 2.50. The Hall–Kier alpha value is -4.72. The highest BCUT2D eigenvalue weighted by atomic mass is 19.1. The molecule has 2 heterocycles. The van der Waals surface area contributed by atoms with E-state index in [1.807, 2.05) is 0 Å². The molecule has 0 aliphatic heterocycles. The molecule has 174 valence electrons. The number of nitrogens with zero attached hydrogens (tertiary/aromatic N) is 3. The fourth-order valence-electron chi connectivity index (χ4n) is 3.36. The number of carboxylic acid groups (broad SMARTS) is 1. The second-order valence-corrected chi connectivity index (χ2v) is 7.22. The molecule has 3 N–H and O–H groups in total. The van der Waals surface area contributed by atoms with Gasteiger partial charge in [-0.2, -0.15) is 14.9 Å². The van der Waals surface area contributed by atoms with E-state index < -0.39 is 17.9 Å². The zero-order chi connectivity index (χ0) is 24.4. The highest BCUT2D eigenvalue weighted by Gasteiger charge is 2.21. The first-order valence-electron chi connectivity index (χ1n) is 10.0. The lowest BCUT2D eigenvalue weighted by Gasteiger charge is -2.15. The van der Waals surface area contributed by atoms with Gasteiger partial charge in [0, 0.05) is 17.3 Å². The van der Waals surface area contributed by atoms with Crippen molar-refractivity contribution < 1.29 is 28.5 Å². The maximum absolute atomic E-state index is 13.9. The molecule has 2 aromatic carbocycles. The van der Waals surface area contributed by atoms with Crippen LogP contribution in [0, 0.1) is 17.1 Å². The maximum Gasteiger partial charge on any atom is 0.344 e. The summed E-state index contributed by atoms with van der Waals surface area (Å²) >= 11 is 0. The summed E-state index contributed by atoms with van der Waals surface area (Å²) in [7, 11) is 2.81. The summed E-state index contributed by atoms with van der Waals surface area (Å²) in [6.07, 6.45) is 0.356. The minimum atomic E-state index is -1.11. The van der Waals surface area contributed by atoms with Gasteiger partial charge in [0.15, 0.2) is 40.6 Å². The first-order valence-corrected chi connectivity index (χ1v) is 10.0. The van der Waals surface area contributed by atoms with Gasteiger partial charge in [0.05, 0.1) is 26.1 Å². The normalized spacial score (nSPS) is 11.6. The van der Waals surface area contributed by atoms with Crippen LogP contribution in [0.1, 0.15) is 12.5 Å². The van der Waals surface area contributed by atoms with Crippen LogP contribution < -0.4 is 19.5 Å². The Morgan fingerprint density at radius 1 is 1.21 bits per heavy atom. The van der Waals surface area contributed by atoms with Gasteiger partial charge < -0.3 is 29.6 Å². The molecule has 0 saturated carbocycles. The number of aromatic nitrogens is 3. The van der Waals surface area contributed by atoms with E-state index in [4.69, 9.17) is 19.3 Å². The summed E-state index contributed by atoms with van der Waals surface area (Å²) in [6.45, 7) is 1.41. The lowest BCUT2D eigenvalue weighted by Crippen LogP contribution is -2.23. The molecule has 0 spiro atoms. The van der Waals surface area contributed by atoms with Crippen molar-refractivity contribution in [1.29, 1.82) is 5.26 Å². The highest BCUT2D eigenvalue weighted by molar-refractivity contribution is 5.82. The van der Waals surface area contributed by atoms with Crippen LogP contribution in [-0.4, -0.2) is 46.0 Å². The van der Waals surface area contributed by atoms with Crippen LogP contribution in [0.3, 0.4) is 0 Å². The standard InChI is InChI=1S/C23H20FN5O5/c1-12(23(30)31)34-17-7-4-13(8-19(17)33-3)20-22(29-21(28-20)14(10-25)11-26-29)27-15-5-6-16(24)18(9-15)32-2/h4-9,11-12,27-28H,1-3H3,(H,30,31). The Morgan fingerprint density at radius 2 is 1.97 bits per heavy atom. The SMILES string of the molecule is COc1cc(Nc2c(-c3ccc(OC(C)C(=O)O)c(OC)c3)[nH]c3c(C#N)cnn23)ccc1F. The number of anilines is 2. The minimum Gasteiger partial charge on any atom is -0.494 e. The topological polar surface area (TPSA) is 134 Å². The third-order valence-corrected chi connectivity index (χ3v) is 5.10. The number of halogens is 1. The fraction of sp³-hybridized carbons (Fsp3) is 0.174. The average molecular weight is 465 g/mol. The van der Waals surface area contributed by atoms with Crippen LogP contribution in [0.15, 0.2) is 42.6 Å². The summed E-state index contributed by atoms with van der Waals surface area (Å²) in [6, 6.07) is 11.4. The van der Waals surface area contributed by atoms with E-state index >= 15 is 0 Å². The molecule has 0 fully saturated rings. The predicted octanol–water partition coefficient (Wildman–Crippen LogP) is 3.95. The highest BCUT2D eigenvalue weighted by Crippen LogP contribution is 2.38. The lowest BCUT2D eigenvalue weighted by molar-refractivity contribution is -0.144. The molecular weight excluding hydrogens is 445 g/mol. The summed E-state index contributed by atoms with van der Waals surface area (Å²) in [5, 5.41) is 26.1. The number of fused-ring (bicyclic) bond motifs is 1. The minimum absolute atomic E-state index is 0.0623. The Labute approximate surface area is 193 Å². The smallest absolute Gasteiger partial charge is 0.344 e. The van der Waals surface area contributed by atoms with Crippen molar-refractivity contribution in [1.82, 2.24) is 14.6 Å². The Balaban J connectivity index is 1.82. The van der Waals surface area contributed by atoms with E-state index in [9.17, 15) is 14.4 Å². The molecule has 11 heteroatoms. The van der Waals surface area contributed by atoms with Crippen molar-refractivity contribution in [3.8, 4) is 34.6 Å². The lowest BCUT2D eigenvalue weighted by atomic mass is 10.1. The van der Waals surface area contributed by atoms with E-state index in [2.05, 4.69) is 21.5 Å². The number of H-pyrrole nitrogens is 1. The van der Waals surface area contributed by atoms with Crippen LogP contribution in [0.25, 0.3) is 16.9 Å². The van der Waals surface area contributed by atoms with Crippen LogP contribution >= 0.6 is 0 Å². The molecule has 4 aromatic rings. The number of aliphatic carboxylic acids is 1. The molecule has 1 atom stereocenters. The number of carbonyl (C=O) groups is 1. The van der Waals surface area contributed by atoms with Gasteiger partial charge in [-0.15, -0.1) is 0 Å². The molecular formula is C23H20FN5O5. The van der Waals surface area contributed by atoms with Gasteiger partial charge in [-0.25, -0.2) is 9.18 Å². The number of aromatic amines is 1.